The van der Waals surface area contributed by atoms with E-state index in [1.165, 1.54) is 21.3 Å². The number of rotatable bonds is 7. The van der Waals surface area contributed by atoms with Crippen LogP contribution in [0.2, 0.25) is 0 Å². The first-order chi connectivity index (χ1) is 15.0. The normalized spacial score (nSPS) is 10.2. The lowest BCUT2D eigenvalue weighted by molar-refractivity contribution is 0.101. The van der Waals surface area contributed by atoms with Gasteiger partial charge in [-0.3, -0.25) is 9.59 Å². The Morgan fingerprint density at radius 3 is 1.90 bits per heavy atom. The number of hydrogen-bond acceptors (Lipinski definition) is 5. The molecule has 0 fully saturated rings. The van der Waals surface area contributed by atoms with E-state index in [1.807, 2.05) is 13.0 Å². The molecule has 0 atom stereocenters. The molecule has 2 N–H and O–H groups in total. The number of nitrogens with one attached hydrogen (secondary N) is 2. The number of hydrogen-bond donors (Lipinski definition) is 2. The monoisotopic (exact) mass is 420 g/mol. The summed E-state index contributed by atoms with van der Waals surface area (Å²) in [5.74, 6) is 0.702. The summed E-state index contributed by atoms with van der Waals surface area (Å²) in [6.07, 6.45) is 0. The molecule has 7 nitrogen and oxygen atoms in total. The molecule has 31 heavy (non-hydrogen) atoms. The van der Waals surface area contributed by atoms with Gasteiger partial charge in [-0.25, -0.2) is 0 Å². The van der Waals surface area contributed by atoms with Crippen molar-refractivity contribution in [3.8, 4) is 17.2 Å². The smallest absolute Gasteiger partial charge is 0.255 e. The number of anilines is 2. The summed E-state index contributed by atoms with van der Waals surface area (Å²) in [5, 5.41) is 5.69. The highest BCUT2D eigenvalue weighted by molar-refractivity contribution is 6.08. The molecule has 0 aliphatic heterocycles. The maximum absolute atomic E-state index is 12.9. The molecule has 0 heterocycles. The van der Waals surface area contributed by atoms with Crippen molar-refractivity contribution in [2.45, 2.75) is 6.92 Å². The van der Waals surface area contributed by atoms with Gasteiger partial charge in [0.1, 0.15) is 0 Å². The number of amides is 2. The van der Waals surface area contributed by atoms with Gasteiger partial charge in [-0.2, -0.15) is 0 Å². The van der Waals surface area contributed by atoms with Crippen LogP contribution >= 0.6 is 0 Å². The number of methoxy groups -OCH3 is 3. The minimum Gasteiger partial charge on any atom is -0.493 e. The predicted molar refractivity (Wildman–Crippen MR) is 120 cm³/mol. The Labute approximate surface area is 180 Å². The maximum Gasteiger partial charge on any atom is 0.255 e. The van der Waals surface area contributed by atoms with Crippen LogP contribution in [0.5, 0.6) is 17.2 Å². The lowest BCUT2D eigenvalue weighted by Crippen LogP contribution is -2.15. The van der Waals surface area contributed by atoms with Gasteiger partial charge in [-0.05, 0) is 36.8 Å². The lowest BCUT2D eigenvalue weighted by atomic mass is 10.1. The van der Waals surface area contributed by atoms with Gasteiger partial charge in [0.15, 0.2) is 11.5 Å². The van der Waals surface area contributed by atoms with E-state index < -0.39 is 0 Å². The minimum absolute atomic E-state index is 0.245. The van der Waals surface area contributed by atoms with Crippen molar-refractivity contribution in [3.05, 3.63) is 77.4 Å². The Kier molecular flexibility index (Phi) is 6.77. The summed E-state index contributed by atoms with van der Waals surface area (Å²) in [4.78, 5) is 25.3. The highest BCUT2D eigenvalue weighted by atomic mass is 16.5. The fourth-order valence-corrected chi connectivity index (χ4v) is 3.04. The van der Waals surface area contributed by atoms with Gasteiger partial charge in [-0.15, -0.1) is 0 Å². The molecule has 0 aromatic heterocycles. The van der Waals surface area contributed by atoms with E-state index in [9.17, 15) is 9.59 Å². The zero-order chi connectivity index (χ0) is 22.4. The van der Waals surface area contributed by atoms with Crippen molar-refractivity contribution in [2.75, 3.05) is 32.0 Å². The fraction of sp³-hybridized carbons (Fsp3) is 0.167. The van der Waals surface area contributed by atoms with Crippen LogP contribution in [-0.4, -0.2) is 33.1 Å². The van der Waals surface area contributed by atoms with Crippen LogP contribution < -0.4 is 24.8 Å². The highest BCUT2D eigenvalue weighted by Crippen LogP contribution is 2.40. The van der Waals surface area contributed by atoms with Gasteiger partial charge < -0.3 is 24.8 Å². The first kappa shape index (κ1) is 21.7. The molecule has 0 aliphatic rings. The Bertz CT molecular complexity index is 1070. The van der Waals surface area contributed by atoms with Gasteiger partial charge in [-0.1, -0.05) is 24.3 Å². The SMILES string of the molecule is COc1cc(NC(=O)c2ccc(C)c(NC(=O)c3ccccc3)c2)cc(OC)c1OC. The average molecular weight is 420 g/mol. The molecule has 0 unspecified atom stereocenters. The molecule has 3 aromatic rings. The van der Waals surface area contributed by atoms with Crippen LogP contribution in [-0.2, 0) is 0 Å². The van der Waals surface area contributed by atoms with Crippen molar-refractivity contribution in [3.63, 3.8) is 0 Å². The summed E-state index contributed by atoms with van der Waals surface area (Å²) < 4.78 is 15.9. The second-order valence-electron chi connectivity index (χ2n) is 6.72. The molecule has 7 heteroatoms. The summed E-state index contributed by atoms with van der Waals surface area (Å²) in [6, 6.07) is 17.3. The first-order valence-corrected chi connectivity index (χ1v) is 9.55. The summed E-state index contributed by atoms with van der Waals surface area (Å²) in [7, 11) is 4.52. The number of carbonyl (C=O) groups excluding carboxylic acids is 2. The van der Waals surface area contributed by atoms with Crippen LogP contribution in [0, 0.1) is 6.92 Å². The molecular weight excluding hydrogens is 396 g/mol. The van der Waals surface area contributed by atoms with E-state index in [0.717, 1.165) is 5.56 Å². The maximum atomic E-state index is 12.9. The Balaban J connectivity index is 1.83. The molecule has 0 bridgehead atoms. The molecule has 0 radical (unpaired) electrons. The number of aryl methyl sites for hydroxylation is 1. The van der Waals surface area contributed by atoms with E-state index in [-0.39, 0.29) is 11.8 Å². The van der Waals surface area contributed by atoms with E-state index in [2.05, 4.69) is 10.6 Å². The van der Waals surface area contributed by atoms with E-state index >= 15 is 0 Å². The molecular formula is C24H24N2O5. The lowest BCUT2D eigenvalue weighted by Gasteiger charge is -2.15. The van der Waals surface area contributed by atoms with Crippen molar-refractivity contribution in [1.82, 2.24) is 0 Å². The van der Waals surface area contributed by atoms with Crippen molar-refractivity contribution >= 4 is 23.2 Å². The Morgan fingerprint density at radius 2 is 1.32 bits per heavy atom. The van der Waals surface area contributed by atoms with Gasteiger partial charge in [0.05, 0.1) is 21.3 Å². The number of benzene rings is 3. The third-order valence-electron chi connectivity index (χ3n) is 4.71. The quantitative estimate of drug-likeness (QED) is 0.587. The summed E-state index contributed by atoms with van der Waals surface area (Å²) >= 11 is 0. The van der Waals surface area contributed by atoms with Crippen LogP contribution in [0.15, 0.2) is 60.7 Å². The zero-order valence-electron chi connectivity index (χ0n) is 17.8. The van der Waals surface area contributed by atoms with Crippen LogP contribution in [0.1, 0.15) is 26.3 Å². The molecule has 3 aromatic carbocycles. The third kappa shape index (κ3) is 4.95. The molecule has 2 amide bonds. The van der Waals surface area contributed by atoms with Crippen LogP contribution in [0.25, 0.3) is 0 Å². The molecule has 0 spiro atoms. The molecule has 0 saturated carbocycles. The third-order valence-corrected chi connectivity index (χ3v) is 4.71. The van der Waals surface area contributed by atoms with E-state index in [0.29, 0.717) is 39.8 Å². The van der Waals surface area contributed by atoms with Gasteiger partial charge in [0.25, 0.3) is 11.8 Å². The van der Waals surface area contributed by atoms with Crippen molar-refractivity contribution < 1.29 is 23.8 Å². The Morgan fingerprint density at radius 1 is 0.710 bits per heavy atom. The van der Waals surface area contributed by atoms with Gasteiger partial charge in [0, 0.05) is 34.6 Å². The van der Waals surface area contributed by atoms with Crippen LogP contribution in [0.4, 0.5) is 11.4 Å². The highest BCUT2D eigenvalue weighted by Gasteiger charge is 2.16. The first-order valence-electron chi connectivity index (χ1n) is 9.55. The van der Waals surface area contributed by atoms with Crippen molar-refractivity contribution in [2.24, 2.45) is 0 Å². The predicted octanol–water partition coefficient (Wildman–Crippen LogP) is 4.53. The van der Waals surface area contributed by atoms with Gasteiger partial charge in [0.2, 0.25) is 5.75 Å². The largest absolute Gasteiger partial charge is 0.493 e. The molecule has 3 rings (SSSR count). The Hall–Kier alpha value is -4.00. The second-order valence-corrected chi connectivity index (χ2v) is 6.72. The van der Waals surface area contributed by atoms with Crippen LogP contribution in [0.3, 0.4) is 0 Å². The molecule has 160 valence electrons. The molecule has 0 saturated heterocycles. The average Bonchev–Trinajstić information content (AvgIpc) is 2.80. The second kappa shape index (κ2) is 9.67. The van der Waals surface area contributed by atoms with Crippen molar-refractivity contribution in [1.29, 1.82) is 0 Å². The van der Waals surface area contributed by atoms with E-state index in [1.54, 1.807) is 54.6 Å². The molecule has 0 aliphatic carbocycles. The zero-order valence-corrected chi connectivity index (χ0v) is 17.8. The number of ether oxygens (including phenoxy) is 3. The summed E-state index contributed by atoms with van der Waals surface area (Å²) in [6.45, 7) is 1.86. The number of carbonyl (C=O) groups is 2. The topological polar surface area (TPSA) is 85.9 Å². The van der Waals surface area contributed by atoms with E-state index in [4.69, 9.17) is 14.2 Å². The standard InChI is InChI=1S/C24H24N2O5/c1-15-10-11-17(12-19(15)26-23(27)16-8-6-5-7-9-16)24(28)25-18-13-20(29-2)22(31-4)21(14-18)30-3/h5-14H,1-4H3,(H,25,28)(H,26,27). The summed E-state index contributed by atoms with van der Waals surface area (Å²) in [5.41, 5.74) is 2.81. The van der Waals surface area contributed by atoms with Gasteiger partial charge >= 0.3 is 0 Å². The fourth-order valence-electron chi connectivity index (χ4n) is 3.04. The minimum atomic E-state index is -0.343.